The quantitative estimate of drug-likeness (QED) is 0.449. The summed E-state index contributed by atoms with van der Waals surface area (Å²) < 4.78 is 37.9. The van der Waals surface area contributed by atoms with Gasteiger partial charge in [0.25, 0.3) is 10.9 Å². The van der Waals surface area contributed by atoms with Crippen molar-refractivity contribution < 1.29 is 27.5 Å². The number of benzene rings is 3. The molecule has 0 radical (unpaired) electrons. The Morgan fingerprint density at radius 2 is 1.58 bits per heavy atom. The second kappa shape index (κ2) is 11.0. The third-order valence-electron chi connectivity index (χ3n) is 5.63. The Morgan fingerprint density at radius 3 is 2.17 bits per heavy atom. The predicted molar refractivity (Wildman–Crippen MR) is 136 cm³/mol. The number of carboxylic acid groups (broad SMARTS) is 1. The first-order chi connectivity index (χ1) is 17.3. The molecule has 3 aromatic rings. The molecule has 0 aromatic heterocycles. The summed E-state index contributed by atoms with van der Waals surface area (Å²) in [5.41, 5.74) is 1.71. The van der Waals surface area contributed by atoms with Gasteiger partial charge in [-0.15, -0.1) is 0 Å². The van der Waals surface area contributed by atoms with Crippen LogP contribution in [0, 0.1) is 5.82 Å². The highest BCUT2D eigenvalue weighted by Gasteiger charge is 2.26. The highest BCUT2D eigenvalue weighted by molar-refractivity contribution is 7.75. The van der Waals surface area contributed by atoms with Gasteiger partial charge in [-0.05, 0) is 60.7 Å². The molecule has 36 heavy (non-hydrogen) atoms. The van der Waals surface area contributed by atoms with Crippen LogP contribution in [0.2, 0.25) is 0 Å². The maximum atomic E-state index is 14.5. The lowest BCUT2D eigenvalue weighted by Gasteiger charge is -2.29. The van der Waals surface area contributed by atoms with Gasteiger partial charge in [0.2, 0.25) is 10.3 Å². The monoisotopic (exact) mass is 510 g/mol. The third-order valence-corrected chi connectivity index (χ3v) is 6.31. The minimum atomic E-state index is -3.17. The average molecular weight is 511 g/mol. The van der Waals surface area contributed by atoms with Crippen LogP contribution < -0.4 is 20.4 Å². The molecule has 1 amide bonds. The number of carbonyl (C=O) groups is 2. The average Bonchev–Trinajstić information content (AvgIpc) is 2.88. The lowest BCUT2D eigenvalue weighted by Crippen LogP contribution is -2.43. The molecule has 3 aromatic carbocycles. The number of carboxylic acids is 1. The van der Waals surface area contributed by atoms with Crippen molar-refractivity contribution in [2.75, 3.05) is 41.3 Å². The molecule has 1 aliphatic rings. The molecule has 0 saturated carbocycles. The first-order valence-corrected chi connectivity index (χ1v) is 12.1. The maximum Gasteiger partial charge on any atom is 0.369 e. The van der Waals surface area contributed by atoms with Crippen molar-refractivity contribution in [1.29, 1.82) is 0 Å². The highest BCUT2D eigenvalue weighted by atomic mass is 32.2. The van der Waals surface area contributed by atoms with E-state index in [2.05, 4.69) is 15.5 Å². The summed E-state index contributed by atoms with van der Waals surface area (Å²) >= 11 is 0. The number of rotatable bonds is 5. The lowest BCUT2D eigenvalue weighted by atomic mass is 10.1. The highest BCUT2D eigenvalue weighted by Crippen LogP contribution is 2.29. The summed E-state index contributed by atoms with van der Waals surface area (Å²) in [6.45, 7) is 3.59. The maximum absolute atomic E-state index is 14.5. The summed E-state index contributed by atoms with van der Waals surface area (Å²) in [5.74, 6) is -2.89. The van der Waals surface area contributed by atoms with Crippen molar-refractivity contribution in [3.63, 3.8) is 0 Å². The summed E-state index contributed by atoms with van der Waals surface area (Å²) in [6.07, 6.45) is 0. The Balaban J connectivity index is 1.55. The Morgan fingerprint density at radius 1 is 0.944 bits per heavy atom. The van der Waals surface area contributed by atoms with Crippen LogP contribution in [0.4, 0.5) is 27.1 Å². The minimum Gasteiger partial charge on any atom is -0.476 e. The van der Waals surface area contributed by atoms with Crippen LogP contribution in [-0.4, -0.2) is 56.6 Å². The van der Waals surface area contributed by atoms with Crippen LogP contribution in [0.25, 0.3) is 0 Å². The van der Waals surface area contributed by atoms with Crippen molar-refractivity contribution in [2.45, 2.75) is 0 Å². The molecule has 0 unspecified atom stereocenters. The molecule has 9 nitrogen and oxygen atoms in total. The molecule has 0 aliphatic carbocycles. The standard InChI is InChI=1S/C25H23FN4O5S/c26-21-3-1-2-4-22(21)30(24(25(32)33)36(34)35)20-11-7-18(8-12-20)28-23(31)17-5-9-19(10-6-17)29-15-13-27-14-16-29/h1-12,27H,13-16H2,(H,28,31)(H,32,33). The number of hydrogen-bond donors (Lipinski definition) is 3. The van der Waals surface area contributed by atoms with E-state index in [-0.39, 0.29) is 17.3 Å². The van der Waals surface area contributed by atoms with Gasteiger partial charge in [-0.25, -0.2) is 9.18 Å². The van der Waals surface area contributed by atoms with Gasteiger partial charge in [0, 0.05) is 48.8 Å². The molecule has 186 valence electrons. The van der Waals surface area contributed by atoms with Crippen molar-refractivity contribution in [1.82, 2.24) is 5.32 Å². The number of hydrogen-bond acceptors (Lipinski definition) is 6. The van der Waals surface area contributed by atoms with Crippen molar-refractivity contribution in [2.24, 2.45) is 0 Å². The summed E-state index contributed by atoms with van der Waals surface area (Å²) in [7, 11) is -3.17. The van der Waals surface area contributed by atoms with Crippen molar-refractivity contribution in [3.8, 4) is 0 Å². The van der Waals surface area contributed by atoms with Gasteiger partial charge in [0.15, 0.2) is 0 Å². The second-order valence-electron chi connectivity index (χ2n) is 7.92. The lowest BCUT2D eigenvalue weighted by molar-refractivity contribution is -0.129. The molecule has 1 fully saturated rings. The fourth-order valence-electron chi connectivity index (χ4n) is 3.88. The predicted octanol–water partition coefficient (Wildman–Crippen LogP) is 2.72. The number of halogens is 1. The van der Waals surface area contributed by atoms with E-state index in [1.54, 1.807) is 12.1 Å². The van der Waals surface area contributed by atoms with E-state index in [9.17, 15) is 27.5 Å². The van der Waals surface area contributed by atoms with Crippen LogP contribution in [0.1, 0.15) is 10.4 Å². The van der Waals surface area contributed by atoms with Gasteiger partial charge in [0.05, 0.1) is 5.69 Å². The molecule has 3 N–H and O–H groups in total. The molecule has 0 bridgehead atoms. The van der Waals surface area contributed by atoms with Crippen LogP contribution >= 0.6 is 0 Å². The minimum absolute atomic E-state index is 0.0834. The summed E-state index contributed by atoms with van der Waals surface area (Å²) in [4.78, 5) is 26.4. The van der Waals surface area contributed by atoms with Crippen LogP contribution in [0.15, 0.2) is 72.8 Å². The Bertz CT molecular complexity index is 1400. The Kier molecular flexibility index (Phi) is 7.62. The van der Waals surface area contributed by atoms with E-state index in [1.165, 1.54) is 42.5 Å². The molecular weight excluding hydrogens is 487 g/mol. The number of amides is 1. The smallest absolute Gasteiger partial charge is 0.369 e. The number of piperazine rings is 1. The number of aliphatic carboxylic acids is 1. The van der Waals surface area contributed by atoms with Crippen LogP contribution in [0.3, 0.4) is 0 Å². The SMILES string of the molecule is O=C(O)C(N(c1ccc(NC(=O)c2ccc(N3CCNCC3)cc2)cc1)c1ccccc1F)=S(=O)=O. The number of anilines is 4. The largest absolute Gasteiger partial charge is 0.476 e. The van der Waals surface area contributed by atoms with E-state index in [1.807, 2.05) is 12.1 Å². The van der Waals surface area contributed by atoms with E-state index in [0.717, 1.165) is 42.8 Å². The van der Waals surface area contributed by atoms with Crippen molar-refractivity contribution >= 4 is 49.9 Å². The number of nitrogens with zero attached hydrogens (tertiary/aromatic N) is 2. The van der Waals surface area contributed by atoms with Gasteiger partial charge < -0.3 is 20.6 Å². The van der Waals surface area contributed by atoms with Gasteiger partial charge in [-0.2, -0.15) is 8.42 Å². The zero-order valence-corrected chi connectivity index (χ0v) is 19.8. The second-order valence-corrected chi connectivity index (χ2v) is 8.77. The molecule has 0 atom stereocenters. The fraction of sp³-hybridized carbons (Fsp3) is 0.160. The fourth-order valence-corrected chi connectivity index (χ4v) is 4.38. The Labute approximate surface area is 208 Å². The van der Waals surface area contributed by atoms with E-state index >= 15 is 0 Å². The van der Waals surface area contributed by atoms with E-state index in [0.29, 0.717) is 11.3 Å². The third kappa shape index (κ3) is 5.53. The van der Waals surface area contributed by atoms with Gasteiger partial charge in [0.1, 0.15) is 5.82 Å². The number of carbonyl (C=O) groups excluding carboxylic acids is 1. The Hall–Kier alpha value is -4.22. The zero-order chi connectivity index (χ0) is 25.7. The van der Waals surface area contributed by atoms with E-state index in [4.69, 9.17) is 0 Å². The topological polar surface area (TPSA) is 119 Å². The summed E-state index contributed by atoms with van der Waals surface area (Å²) in [6, 6.07) is 18.2. The van der Waals surface area contributed by atoms with E-state index < -0.39 is 27.1 Å². The normalized spacial score (nSPS) is 13.1. The van der Waals surface area contributed by atoms with Crippen LogP contribution in [0.5, 0.6) is 0 Å². The molecule has 1 heterocycles. The zero-order valence-electron chi connectivity index (χ0n) is 19.0. The van der Waals surface area contributed by atoms with Crippen molar-refractivity contribution in [3.05, 3.63) is 84.2 Å². The summed E-state index contributed by atoms with van der Waals surface area (Å²) in [5, 5.41) is 15.5. The molecule has 11 heteroatoms. The molecule has 1 saturated heterocycles. The number of nitrogens with one attached hydrogen (secondary N) is 2. The van der Waals surface area contributed by atoms with Gasteiger partial charge >= 0.3 is 5.97 Å². The molecular formula is C25H23FN4O5S. The van der Waals surface area contributed by atoms with Gasteiger partial charge in [-0.1, -0.05) is 12.1 Å². The molecule has 4 rings (SSSR count). The number of para-hydroxylation sites is 1. The molecule has 0 spiro atoms. The molecule has 1 aliphatic heterocycles. The van der Waals surface area contributed by atoms with Crippen LogP contribution in [-0.2, 0) is 15.1 Å². The first-order valence-electron chi connectivity index (χ1n) is 11.1. The first kappa shape index (κ1) is 24.9. The van der Waals surface area contributed by atoms with Gasteiger partial charge in [-0.3, -0.25) is 9.69 Å².